The van der Waals surface area contributed by atoms with E-state index in [0.717, 1.165) is 30.3 Å². The summed E-state index contributed by atoms with van der Waals surface area (Å²) in [6.07, 6.45) is 0.924. The Bertz CT molecular complexity index is 354. The molecule has 0 saturated heterocycles. The second kappa shape index (κ2) is 7.70. The van der Waals surface area contributed by atoms with Crippen molar-refractivity contribution in [1.82, 2.24) is 0 Å². The van der Waals surface area contributed by atoms with Crippen molar-refractivity contribution in [3.05, 3.63) is 28.8 Å². The number of ether oxygens (including phenoxy) is 1. The summed E-state index contributed by atoms with van der Waals surface area (Å²) < 4.78 is 5.88. The van der Waals surface area contributed by atoms with Gasteiger partial charge in [-0.1, -0.05) is 19.1 Å². The first-order valence-corrected chi connectivity index (χ1v) is 7.76. The van der Waals surface area contributed by atoms with Gasteiger partial charge in [0, 0.05) is 11.8 Å². The van der Waals surface area contributed by atoms with Gasteiger partial charge in [0.15, 0.2) is 0 Å². The zero-order valence-corrected chi connectivity index (χ0v) is 12.8. The molecule has 0 aliphatic rings. The van der Waals surface area contributed by atoms with Crippen molar-refractivity contribution in [1.29, 1.82) is 0 Å². The lowest BCUT2D eigenvalue weighted by molar-refractivity contribution is 0.339. The van der Waals surface area contributed by atoms with Gasteiger partial charge in [0.05, 0.1) is 6.61 Å². The van der Waals surface area contributed by atoms with E-state index >= 15 is 0 Å². The molecule has 2 nitrogen and oxygen atoms in total. The number of benzene rings is 1. The van der Waals surface area contributed by atoms with Crippen LogP contribution in [0.2, 0.25) is 0 Å². The molecule has 0 aromatic heterocycles. The monoisotopic (exact) mass is 267 g/mol. The standard InChI is InChI=1S/C15H25NOS/c1-5-18-7-6-17-15-11(2)8-14(9-12(15)3)10-13(4)16/h8-9,13H,5-7,10,16H2,1-4H3. The van der Waals surface area contributed by atoms with Crippen molar-refractivity contribution in [2.45, 2.75) is 40.2 Å². The van der Waals surface area contributed by atoms with Crippen molar-refractivity contribution in [3.63, 3.8) is 0 Å². The lowest BCUT2D eigenvalue weighted by Crippen LogP contribution is -2.18. The molecule has 0 aliphatic carbocycles. The summed E-state index contributed by atoms with van der Waals surface area (Å²) in [4.78, 5) is 0. The molecule has 102 valence electrons. The van der Waals surface area contributed by atoms with Gasteiger partial charge in [0.25, 0.3) is 0 Å². The average Bonchev–Trinajstić information content (AvgIpc) is 2.26. The van der Waals surface area contributed by atoms with E-state index in [4.69, 9.17) is 10.5 Å². The fourth-order valence-corrected chi connectivity index (χ4v) is 2.59. The molecule has 0 saturated carbocycles. The van der Waals surface area contributed by atoms with E-state index in [0.29, 0.717) is 0 Å². The highest BCUT2D eigenvalue weighted by Gasteiger charge is 2.07. The molecule has 0 radical (unpaired) electrons. The maximum absolute atomic E-state index is 5.88. The van der Waals surface area contributed by atoms with E-state index in [-0.39, 0.29) is 6.04 Å². The third kappa shape index (κ3) is 4.91. The van der Waals surface area contributed by atoms with Crippen LogP contribution in [0.4, 0.5) is 0 Å². The minimum absolute atomic E-state index is 0.205. The summed E-state index contributed by atoms with van der Waals surface area (Å²) in [5.41, 5.74) is 9.57. The number of rotatable bonds is 7. The lowest BCUT2D eigenvalue weighted by atomic mass is 10.0. The zero-order chi connectivity index (χ0) is 13.5. The normalized spacial score (nSPS) is 12.5. The Morgan fingerprint density at radius 1 is 1.28 bits per heavy atom. The van der Waals surface area contributed by atoms with Crippen LogP contribution in [-0.2, 0) is 6.42 Å². The molecule has 1 atom stereocenters. The molecular formula is C15H25NOS. The highest BCUT2D eigenvalue weighted by Crippen LogP contribution is 2.25. The van der Waals surface area contributed by atoms with E-state index in [1.165, 1.54) is 16.7 Å². The second-order valence-electron chi connectivity index (χ2n) is 4.79. The average molecular weight is 267 g/mol. The van der Waals surface area contributed by atoms with E-state index in [1.807, 2.05) is 18.7 Å². The van der Waals surface area contributed by atoms with Crippen LogP contribution in [0, 0.1) is 13.8 Å². The van der Waals surface area contributed by atoms with E-state index in [9.17, 15) is 0 Å². The number of thioether (sulfide) groups is 1. The predicted molar refractivity (Wildman–Crippen MR) is 81.8 cm³/mol. The molecule has 3 heteroatoms. The number of hydrogen-bond donors (Lipinski definition) is 1. The smallest absolute Gasteiger partial charge is 0.125 e. The second-order valence-corrected chi connectivity index (χ2v) is 6.18. The first-order chi connectivity index (χ1) is 8.54. The molecule has 2 N–H and O–H groups in total. The van der Waals surface area contributed by atoms with Gasteiger partial charge in [0.1, 0.15) is 5.75 Å². The third-order valence-electron chi connectivity index (χ3n) is 2.76. The molecular weight excluding hydrogens is 242 g/mol. The van der Waals surface area contributed by atoms with Crippen molar-refractivity contribution >= 4 is 11.8 Å². The Hall–Kier alpha value is -0.670. The maximum Gasteiger partial charge on any atom is 0.125 e. The Morgan fingerprint density at radius 2 is 1.89 bits per heavy atom. The fourth-order valence-electron chi connectivity index (χ4n) is 2.10. The van der Waals surface area contributed by atoms with Crippen LogP contribution in [0.25, 0.3) is 0 Å². The van der Waals surface area contributed by atoms with Gasteiger partial charge in [-0.25, -0.2) is 0 Å². The minimum Gasteiger partial charge on any atom is -0.492 e. The summed E-state index contributed by atoms with van der Waals surface area (Å²) in [5.74, 6) is 3.24. The van der Waals surface area contributed by atoms with Gasteiger partial charge in [-0.05, 0) is 49.6 Å². The van der Waals surface area contributed by atoms with Crippen molar-refractivity contribution in [3.8, 4) is 5.75 Å². The Morgan fingerprint density at radius 3 is 2.39 bits per heavy atom. The molecule has 0 bridgehead atoms. The topological polar surface area (TPSA) is 35.2 Å². The SMILES string of the molecule is CCSCCOc1c(C)cc(CC(C)N)cc1C. The molecule has 1 rings (SSSR count). The molecule has 0 spiro atoms. The van der Waals surface area contributed by atoms with Gasteiger partial charge in [-0.15, -0.1) is 0 Å². The summed E-state index contributed by atoms with van der Waals surface area (Å²) in [6.45, 7) is 9.22. The van der Waals surface area contributed by atoms with Gasteiger partial charge < -0.3 is 10.5 Å². The lowest BCUT2D eigenvalue weighted by Gasteiger charge is -2.15. The summed E-state index contributed by atoms with van der Waals surface area (Å²) >= 11 is 1.91. The number of aryl methyl sites for hydroxylation is 2. The van der Waals surface area contributed by atoms with Gasteiger partial charge in [-0.2, -0.15) is 11.8 Å². The van der Waals surface area contributed by atoms with E-state index in [2.05, 4.69) is 32.9 Å². The van der Waals surface area contributed by atoms with E-state index < -0.39 is 0 Å². The van der Waals surface area contributed by atoms with Crippen molar-refractivity contribution in [2.24, 2.45) is 5.73 Å². The maximum atomic E-state index is 5.88. The molecule has 0 fully saturated rings. The Balaban J connectivity index is 2.68. The van der Waals surface area contributed by atoms with Crippen LogP contribution in [0.3, 0.4) is 0 Å². The summed E-state index contributed by atoms with van der Waals surface area (Å²) in [7, 11) is 0. The van der Waals surface area contributed by atoms with Crippen LogP contribution in [0.5, 0.6) is 5.75 Å². The van der Waals surface area contributed by atoms with E-state index in [1.54, 1.807) is 0 Å². The zero-order valence-electron chi connectivity index (χ0n) is 12.0. The Labute approximate surface area is 115 Å². The van der Waals surface area contributed by atoms with Crippen molar-refractivity contribution < 1.29 is 4.74 Å². The molecule has 1 unspecified atom stereocenters. The minimum atomic E-state index is 0.205. The van der Waals surface area contributed by atoms with Crippen LogP contribution in [-0.4, -0.2) is 24.2 Å². The summed E-state index contributed by atoms with van der Waals surface area (Å²) in [6, 6.07) is 4.59. The molecule has 1 aromatic rings. The van der Waals surface area contributed by atoms with Crippen molar-refractivity contribution in [2.75, 3.05) is 18.1 Å². The Kier molecular flexibility index (Phi) is 6.58. The van der Waals surface area contributed by atoms with Crippen LogP contribution < -0.4 is 10.5 Å². The molecule has 18 heavy (non-hydrogen) atoms. The fraction of sp³-hybridized carbons (Fsp3) is 0.600. The largest absolute Gasteiger partial charge is 0.492 e. The summed E-state index contributed by atoms with van der Waals surface area (Å²) in [5, 5.41) is 0. The first kappa shape index (κ1) is 15.4. The third-order valence-corrected chi connectivity index (χ3v) is 3.62. The molecule has 0 aliphatic heterocycles. The van der Waals surface area contributed by atoms with Gasteiger partial charge in [-0.3, -0.25) is 0 Å². The van der Waals surface area contributed by atoms with Crippen LogP contribution in [0.1, 0.15) is 30.5 Å². The highest BCUT2D eigenvalue weighted by atomic mass is 32.2. The number of hydrogen-bond acceptors (Lipinski definition) is 3. The first-order valence-electron chi connectivity index (χ1n) is 6.60. The number of nitrogens with two attached hydrogens (primary N) is 1. The van der Waals surface area contributed by atoms with Gasteiger partial charge >= 0.3 is 0 Å². The molecule has 0 amide bonds. The van der Waals surface area contributed by atoms with Crippen LogP contribution in [0.15, 0.2) is 12.1 Å². The molecule has 1 aromatic carbocycles. The van der Waals surface area contributed by atoms with Gasteiger partial charge in [0.2, 0.25) is 0 Å². The van der Waals surface area contributed by atoms with Crippen LogP contribution >= 0.6 is 11.8 Å². The highest BCUT2D eigenvalue weighted by molar-refractivity contribution is 7.99. The quantitative estimate of drug-likeness (QED) is 0.770. The molecule has 0 heterocycles. The predicted octanol–water partition coefficient (Wildman–Crippen LogP) is 3.33.